The maximum atomic E-state index is 13.7. The van der Waals surface area contributed by atoms with E-state index in [0.717, 1.165) is 6.42 Å². The van der Waals surface area contributed by atoms with Crippen LogP contribution in [0.4, 0.5) is 4.39 Å². The zero-order chi connectivity index (χ0) is 24.2. The molecule has 1 amide bonds. The van der Waals surface area contributed by atoms with Gasteiger partial charge in [0.1, 0.15) is 11.6 Å². The van der Waals surface area contributed by atoms with Gasteiger partial charge in [0, 0.05) is 12.1 Å². The number of aryl methyl sites for hydroxylation is 1. The Labute approximate surface area is 198 Å². The van der Waals surface area contributed by atoms with E-state index in [9.17, 15) is 14.0 Å². The minimum absolute atomic E-state index is 0.173. The Morgan fingerprint density at radius 2 is 1.65 bits per heavy atom. The third-order valence-corrected chi connectivity index (χ3v) is 6.16. The van der Waals surface area contributed by atoms with Crippen molar-refractivity contribution in [2.45, 2.75) is 39.7 Å². The maximum absolute atomic E-state index is 13.7. The van der Waals surface area contributed by atoms with Gasteiger partial charge in [0.15, 0.2) is 0 Å². The van der Waals surface area contributed by atoms with E-state index in [4.69, 9.17) is 4.98 Å². The van der Waals surface area contributed by atoms with Gasteiger partial charge in [-0.25, -0.2) is 9.37 Å². The molecule has 0 fully saturated rings. The van der Waals surface area contributed by atoms with Crippen molar-refractivity contribution < 1.29 is 9.18 Å². The van der Waals surface area contributed by atoms with Crippen LogP contribution in [0.25, 0.3) is 16.6 Å². The van der Waals surface area contributed by atoms with Crippen molar-refractivity contribution in [3.63, 3.8) is 0 Å². The maximum Gasteiger partial charge on any atom is 0.266 e. The predicted octanol–water partition coefficient (Wildman–Crippen LogP) is 5.70. The fraction of sp³-hybridized carbons (Fsp3) is 0.250. The lowest BCUT2D eigenvalue weighted by Gasteiger charge is -2.31. The summed E-state index contributed by atoms with van der Waals surface area (Å²) < 4.78 is 15.1. The van der Waals surface area contributed by atoms with E-state index in [0.29, 0.717) is 40.9 Å². The molecule has 6 heteroatoms. The molecule has 0 saturated carbocycles. The van der Waals surface area contributed by atoms with Crippen LogP contribution in [0.3, 0.4) is 0 Å². The third-order valence-electron chi connectivity index (χ3n) is 6.16. The van der Waals surface area contributed by atoms with E-state index in [-0.39, 0.29) is 11.5 Å². The van der Waals surface area contributed by atoms with E-state index < -0.39 is 11.9 Å². The lowest BCUT2D eigenvalue weighted by atomic mass is 10.1. The summed E-state index contributed by atoms with van der Waals surface area (Å²) in [4.78, 5) is 33.7. The molecule has 0 spiro atoms. The number of nitrogens with zero attached hydrogens (tertiary/aromatic N) is 3. The van der Waals surface area contributed by atoms with Gasteiger partial charge in [-0.1, -0.05) is 38.1 Å². The smallest absolute Gasteiger partial charge is 0.266 e. The molecule has 0 aliphatic rings. The zero-order valence-corrected chi connectivity index (χ0v) is 19.7. The normalized spacial score (nSPS) is 12.0. The van der Waals surface area contributed by atoms with Crippen LogP contribution < -0.4 is 5.56 Å². The Kier molecular flexibility index (Phi) is 6.87. The van der Waals surface area contributed by atoms with Gasteiger partial charge in [-0.2, -0.15) is 0 Å². The van der Waals surface area contributed by atoms with Gasteiger partial charge in [0.2, 0.25) is 0 Å². The second-order valence-corrected chi connectivity index (χ2v) is 8.17. The van der Waals surface area contributed by atoms with Crippen molar-refractivity contribution in [3.8, 4) is 5.69 Å². The standard InChI is InChI=1S/C28H28FN3O2/c1-4-19-11-17-22(18-12-19)32-26(30-24-10-8-7-9-23(24)28(32)34)25(5-2)31(6-3)27(33)20-13-15-21(29)16-14-20/h7-18,25H,4-6H2,1-3H3. The molecule has 0 radical (unpaired) electrons. The highest BCUT2D eigenvalue weighted by molar-refractivity contribution is 5.94. The van der Waals surface area contributed by atoms with E-state index >= 15 is 0 Å². The van der Waals surface area contributed by atoms with Crippen LogP contribution in [0.5, 0.6) is 0 Å². The minimum Gasteiger partial charge on any atom is -0.329 e. The average molecular weight is 458 g/mol. The average Bonchev–Trinajstić information content (AvgIpc) is 2.87. The Bertz CT molecular complexity index is 1360. The number of carbonyl (C=O) groups excluding carboxylic acids is 1. The van der Waals surface area contributed by atoms with Gasteiger partial charge in [-0.05, 0) is 73.9 Å². The molecule has 0 saturated heterocycles. The van der Waals surface area contributed by atoms with Crippen LogP contribution >= 0.6 is 0 Å². The number of aromatic nitrogens is 2. The molecule has 3 aromatic carbocycles. The van der Waals surface area contributed by atoms with E-state index in [1.807, 2.05) is 56.3 Å². The molecule has 1 aromatic heterocycles. The molecule has 1 heterocycles. The Morgan fingerprint density at radius 3 is 2.26 bits per heavy atom. The summed E-state index contributed by atoms with van der Waals surface area (Å²) in [7, 11) is 0. The molecule has 0 bridgehead atoms. The van der Waals surface area contributed by atoms with Gasteiger partial charge in [0.25, 0.3) is 11.5 Å². The Balaban J connectivity index is 1.91. The molecule has 4 rings (SSSR count). The number of benzene rings is 3. The van der Waals surface area contributed by atoms with Gasteiger partial charge in [-0.15, -0.1) is 0 Å². The number of amides is 1. The third kappa shape index (κ3) is 4.36. The van der Waals surface area contributed by atoms with Crippen molar-refractivity contribution in [2.24, 2.45) is 0 Å². The predicted molar refractivity (Wildman–Crippen MR) is 133 cm³/mol. The molecule has 174 valence electrons. The van der Waals surface area contributed by atoms with E-state index in [1.54, 1.807) is 15.5 Å². The first-order valence-electron chi connectivity index (χ1n) is 11.7. The molecule has 5 nitrogen and oxygen atoms in total. The topological polar surface area (TPSA) is 55.2 Å². The number of carbonyl (C=O) groups is 1. The summed E-state index contributed by atoms with van der Waals surface area (Å²) in [6, 6.07) is 20.2. The van der Waals surface area contributed by atoms with Crippen LogP contribution in [-0.4, -0.2) is 26.9 Å². The molecule has 0 N–H and O–H groups in total. The first kappa shape index (κ1) is 23.4. The van der Waals surface area contributed by atoms with Gasteiger partial charge < -0.3 is 4.90 Å². The van der Waals surface area contributed by atoms with Crippen LogP contribution in [0.1, 0.15) is 55.0 Å². The van der Waals surface area contributed by atoms with Crippen LogP contribution in [0, 0.1) is 5.82 Å². The molecular weight excluding hydrogens is 429 g/mol. The number of fused-ring (bicyclic) bond motifs is 1. The highest BCUT2D eigenvalue weighted by Crippen LogP contribution is 2.27. The molecule has 4 aromatic rings. The SMILES string of the molecule is CCc1ccc(-n2c(C(CC)N(CC)C(=O)c3ccc(F)cc3)nc3ccccc3c2=O)cc1. The molecule has 1 atom stereocenters. The highest BCUT2D eigenvalue weighted by Gasteiger charge is 2.28. The number of hydrogen-bond acceptors (Lipinski definition) is 3. The molecular formula is C28H28FN3O2. The quantitative estimate of drug-likeness (QED) is 0.358. The largest absolute Gasteiger partial charge is 0.329 e. The van der Waals surface area contributed by atoms with E-state index in [2.05, 4.69) is 6.92 Å². The van der Waals surface area contributed by atoms with Gasteiger partial charge >= 0.3 is 0 Å². The number of hydrogen-bond donors (Lipinski definition) is 0. The van der Waals surface area contributed by atoms with Crippen molar-refractivity contribution in [1.82, 2.24) is 14.5 Å². The minimum atomic E-state index is -0.453. The van der Waals surface area contributed by atoms with Crippen LogP contribution in [0.2, 0.25) is 0 Å². The van der Waals surface area contributed by atoms with Crippen molar-refractivity contribution in [3.05, 3.63) is 106 Å². The highest BCUT2D eigenvalue weighted by atomic mass is 19.1. The summed E-state index contributed by atoms with van der Waals surface area (Å²) in [6.07, 6.45) is 1.45. The Hall–Kier alpha value is -3.80. The summed E-state index contributed by atoms with van der Waals surface area (Å²) in [5.74, 6) is -0.121. The van der Waals surface area contributed by atoms with Crippen molar-refractivity contribution >= 4 is 16.8 Å². The fourth-order valence-corrected chi connectivity index (χ4v) is 4.31. The number of para-hydroxylation sites is 1. The van der Waals surface area contributed by atoms with Crippen molar-refractivity contribution in [2.75, 3.05) is 6.54 Å². The summed E-state index contributed by atoms with van der Waals surface area (Å²) in [5, 5.41) is 0.522. The fourth-order valence-electron chi connectivity index (χ4n) is 4.31. The summed E-state index contributed by atoms with van der Waals surface area (Å²) in [5.41, 5.74) is 2.69. The van der Waals surface area contributed by atoms with Gasteiger partial charge in [0.05, 0.1) is 22.6 Å². The van der Waals surface area contributed by atoms with Gasteiger partial charge in [-0.3, -0.25) is 14.2 Å². The second-order valence-electron chi connectivity index (χ2n) is 8.17. The summed E-state index contributed by atoms with van der Waals surface area (Å²) in [6.45, 7) is 6.35. The lowest BCUT2D eigenvalue weighted by molar-refractivity contribution is 0.0672. The first-order chi connectivity index (χ1) is 16.5. The monoisotopic (exact) mass is 457 g/mol. The zero-order valence-electron chi connectivity index (χ0n) is 19.7. The molecule has 0 aliphatic carbocycles. The van der Waals surface area contributed by atoms with E-state index in [1.165, 1.54) is 29.8 Å². The number of halogens is 1. The molecule has 1 unspecified atom stereocenters. The summed E-state index contributed by atoms with van der Waals surface area (Å²) >= 11 is 0. The number of rotatable bonds is 7. The lowest BCUT2D eigenvalue weighted by Crippen LogP contribution is -2.38. The van der Waals surface area contributed by atoms with Crippen LogP contribution in [-0.2, 0) is 6.42 Å². The Morgan fingerprint density at radius 1 is 0.971 bits per heavy atom. The first-order valence-corrected chi connectivity index (χ1v) is 11.7. The second kappa shape index (κ2) is 10.00. The van der Waals surface area contributed by atoms with Crippen molar-refractivity contribution in [1.29, 1.82) is 0 Å². The van der Waals surface area contributed by atoms with Crippen LogP contribution in [0.15, 0.2) is 77.6 Å². The molecule has 34 heavy (non-hydrogen) atoms. The molecule has 0 aliphatic heterocycles.